The van der Waals surface area contributed by atoms with Crippen molar-refractivity contribution >= 4 is 0 Å². The molecule has 0 spiro atoms. The molecule has 3 rings (SSSR count). The maximum atomic E-state index is 4.04. The van der Waals surface area contributed by atoms with Crippen LogP contribution in [0.3, 0.4) is 0 Å². The van der Waals surface area contributed by atoms with Crippen LogP contribution in [0.2, 0.25) is 0 Å². The zero-order valence-electron chi connectivity index (χ0n) is 10.8. The van der Waals surface area contributed by atoms with Gasteiger partial charge in [-0.1, -0.05) is 29.8 Å². The maximum absolute atomic E-state index is 4.04. The van der Waals surface area contributed by atoms with Crippen LogP contribution in [-0.4, -0.2) is 28.2 Å². The minimum atomic E-state index is 0.623. The molecule has 1 fully saturated rings. The van der Waals surface area contributed by atoms with E-state index in [0.717, 1.165) is 13.1 Å². The topological polar surface area (TPSA) is 31.9 Å². The highest BCUT2D eigenvalue weighted by Gasteiger charge is 2.24. The summed E-state index contributed by atoms with van der Waals surface area (Å²) in [6, 6.07) is 11.0. The van der Waals surface area contributed by atoms with Crippen LogP contribution in [0.4, 0.5) is 0 Å². The highest BCUT2D eigenvalue weighted by Crippen LogP contribution is 2.26. The number of hydrogen-bond acceptors (Lipinski definition) is 2. The van der Waals surface area contributed by atoms with Crippen LogP contribution in [-0.2, 0) is 6.54 Å². The van der Waals surface area contributed by atoms with Crippen molar-refractivity contribution in [3.05, 3.63) is 53.3 Å². The molecule has 0 amide bonds. The lowest BCUT2D eigenvalue weighted by Gasteiger charge is -2.15. The Labute approximate surface area is 108 Å². The van der Waals surface area contributed by atoms with Gasteiger partial charge in [-0.15, -0.1) is 0 Å². The Morgan fingerprint density at radius 1 is 1.28 bits per heavy atom. The third-order valence-electron chi connectivity index (χ3n) is 3.76. The van der Waals surface area contributed by atoms with E-state index in [1.165, 1.54) is 29.8 Å². The molecule has 1 saturated heterocycles. The quantitative estimate of drug-likeness (QED) is 0.896. The number of aromatic amines is 1. The molecular weight excluding hydrogens is 222 g/mol. The summed E-state index contributed by atoms with van der Waals surface area (Å²) in [6.45, 7) is 5.51. The number of hydrogen-bond donors (Lipinski definition) is 1. The lowest BCUT2D eigenvalue weighted by atomic mass is 10.1. The molecule has 1 aromatic heterocycles. The minimum Gasteiger partial charge on any atom is -0.298 e. The Kier molecular flexibility index (Phi) is 3.15. The Morgan fingerprint density at radius 3 is 2.83 bits per heavy atom. The first kappa shape index (κ1) is 11.5. The number of nitrogens with zero attached hydrogens (tertiary/aromatic N) is 2. The van der Waals surface area contributed by atoms with Crippen molar-refractivity contribution in [1.29, 1.82) is 0 Å². The maximum Gasteiger partial charge on any atom is 0.0490 e. The summed E-state index contributed by atoms with van der Waals surface area (Å²) < 4.78 is 0. The molecule has 1 aromatic carbocycles. The zero-order chi connectivity index (χ0) is 12.4. The zero-order valence-corrected chi connectivity index (χ0v) is 10.8. The van der Waals surface area contributed by atoms with Gasteiger partial charge in [-0.3, -0.25) is 10.00 Å². The van der Waals surface area contributed by atoms with Crippen LogP contribution < -0.4 is 0 Å². The first-order chi connectivity index (χ1) is 8.81. The van der Waals surface area contributed by atoms with Crippen LogP contribution in [0, 0.1) is 6.92 Å². The molecule has 1 N–H and O–H groups in total. The van der Waals surface area contributed by atoms with E-state index in [-0.39, 0.29) is 0 Å². The van der Waals surface area contributed by atoms with Gasteiger partial charge in [0.1, 0.15) is 0 Å². The normalized spacial score (nSPS) is 20.4. The van der Waals surface area contributed by atoms with Crippen molar-refractivity contribution in [2.45, 2.75) is 25.8 Å². The molecule has 2 heterocycles. The van der Waals surface area contributed by atoms with E-state index < -0.39 is 0 Å². The molecule has 1 aliphatic rings. The molecule has 0 aliphatic carbocycles. The Bertz CT molecular complexity index is 487. The SMILES string of the molecule is Cc1ccc(CN2CCC(c3ccn[nH]3)C2)cc1. The van der Waals surface area contributed by atoms with Crippen molar-refractivity contribution < 1.29 is 0 Å². The molecule has 0 radical (unpaired) electrons. The molecule has 18 heavy (non-hydrogen) atoms. The molecule has 1 unspecified atom stereocenters. The molecule has 3 heteroatoms. The second-order valence-corrected chi connectivity index (χ2v) is 5.22. The molecule has 3 nitrogen and oxygen atoms in total. The largest absolute Gasteiger partial charge is 0.298 e. The molecular formula is C15H19N3. The van der Waals surface area contributed by atoms with Crippen molar-refractivity contribution in [2.24, 2.45) is 0 Å². The molecule has 0 saturated carbocycles. The summed E-state index contributed by atoms with van der Waals surface area (Å²) in [5, 5.41) is 7.14. The first-order valence-electron chi connectivity index (χ1n) is 6.58. The second-order valence-electron chi connectivity index (χ2n) is 5.22. The van der Waals surface area contributed by atoms with Crippen LogP contribution in [0.15, 0.2) is 36.5 Å². The molecule has 0 bridgehead atoms. The third kappa shape index (κ3) is 2.46. The summed E-state index contributed by atoms with van der Waals surface area (Å²) in [5.41, 5.74) is 4.02. The minimum absolute atomic E-state index is 0.623. The lowest BCUT2D eigenvalue weighted by molar-refractivity contribution is 0.326. The molecule has 1 aliphatic heterocycles. The monoisotopic (exact) mass is 241 g/mol. The fourth-order valence-electron chi connectivity index (χ4n) is 2.68. The van der Waals surface area contributed by atoms with Gasteiger partial charge in [0.15, 0.2) is 0 Å². The van der Waals surface area contributed by atoms with Gasteiger partial charge in [0.2, 0.25) is 0 Å². The summed E-state index contributed by atoms with van der Waals surface area (Å²) >= 11 is 0. The van der Waals surface area contributed by atoms with Gasteiger partial charge in [-0.2, -0.15) is 5.10 Å². The van der Waals surface area contributed by atoms with E-state index in [2.05, 4.69) is 52.4 Å². The van der Waals surface area contributed by atoms with Gasteiger partial charge in [0, 0.05) is 30.9 Å². The average Bonchev–Trinajstić information content (AvgIpc) is 3.02. The van der Waals surface area contributed by atoms with Crippen LogP contribution in [0.25, 0.3) is 0 Å². The summed E-state index contributed by atoms with van der Waals surface area (Å²) in [6.07, 6.45) is 3.08. The Morgan fingerprint density at radius 2 is 2.11 bits per heavy atom. The third-order valence-corrected chi connectivity index (χ3v) is 3.76. The number of rotatable bonds is 3. The molecule has 1 atom stereocenters. The fraction of sp³-hybridized carbons (Fsp3) is 0.400. The second kappa shape index (κ2) is 4.94. The predicted molar refractivity (Wildman–Crippen MR) is 72.4 cm³/mol. The summed E-state index contributed by atoms with van der Waals surface area (Å²) in [4.78, 5) is 2.52. The number of aryl methyl sites for hydroxylation is 1. The van der Waals surface area contributed by atoms with Gasteiger partial charge < -0.3 is 0 Å². The summed E-state index contributed by atoms with van der Waals surface area (Å²) in [7, 11) is 0. The van der Waals surface area contributed by atoms with Crippen molar-refractivity contribution in [3.63, 3.8) is 0 Å². The summed E-state index contributed by atoms with van der Waals surface area (Å²) in [5.74, 6) is 0.623. The highest BCUT2D eigenvalue weighted by molar-refractivity contribution is 5.21. The van der Waals surface area contributed by atoms with E-state index >= 15 is 0 Å². The van der Waals surface area contributed by atoms with Gasteiger partial charge in [0.05, 0.1) is 0 Å². The van der Waals surface area contributed by atoms with Gasteiger partial charge in [-0.25, -0.2) is 0 Å². The van der Waals surface area contributed by atoms with Crippen molar-refractivity contribution in [2.75, 3.05) is 13.1 Å². The first-order valence-corrected chi connectivity index (χ1v) is 6.58. The van der Waals surface area contributed by atoms with Gasteiger partial charge >= 0.3 is 0 Å². The lowest BCUT2D eigenvalue weighted by Crippen LogP contribution is -2.19. The van der Waals surface area contributed by atoms with Crippen LogP contribution in [0.1, 0.15) is 29.2 Å². The highest BCUT2D eigenvalue weighted by atomic mass is 15.2. The number of likely N-dealkylation sites (tertiary alicyclic amines) is 1. The van der Waals surface area contributed by atoms with Gasteiger partial charge in [0.25, 0.3) is 0 Å². The van der Waals surface area contributed by atoms with E-state index in [1.54, 1.807) is 0 Å². The van der Waals surface area contributed by atoms with Crippen molar-refractivity contribution in [3.8, 4) is 0 Å². The number of aromatic nitrogens is 2. The van der Waals surface area contributed by atoms with E-state index in [9.17, 15) is 0 Å². The van der Waals surface area contributed by atoms with Gasteiger partial charge in [-0.05, 0) is 31.5 Å². The van der Waals surface area contributed by atoms with E-state index in [0.29, 0.717) is 5.92 Å². The number of nitrogens with one attached hydrogen (secondary N) is 1. The van der Waals surface area contributed by atoms with Crippen LogP contribution >= 0.6 is 0 Å². The number of benzene rings is 1. The van der Waals surface area contributed by atoms with Crippen LogP contribution in [0.5, 0.6) is 0 Å². The smallest absolute Gasteiger partial charge is 0.0490 e. The Hall–Kier alpha value is -1.61. The molecule has 94 valence electrons. The van der Waals surface area contributed by atoms with Crippen molar-refractivity contribution in [1.82, 2.24) is 15.1 Å². The number of H-pyrrole nitrogens is 1. The standard InChI is InChI=1S/C15H19N3/c1-12-2-4-13(5-3-12)10-18-9-7-14(11-18)15-6-8-16-17-15/h2-6,8,14H,7,9-11H2,1H3,(H,16,17). The van der Waals surface area contributed by atoms with E-state index in [1.807, 2.05) is 6.20 Å². The molecule has 2 aromatic rings. The Balaban J connectivity index is 1.61. The average molecular weight is 241 g/mol. The predicted octanol–water partition coefficient (Wildman–Crippen LogP) is 2.71. The van der Waals surface area contributed by atoms with E-state index in [4.69, 9.17) is 0 Å². The fourth-order valence-corrected chi connectivity index (χ4v) is 2.68.